The molecule has 0 saturated carbocycles. The van der Waals surface area contributed by atoms with Crippen molar-refractivity contribution in [2.45, 2.75) is 39.7 Å². The predicted octanol–water partition coefficient (Wildman–Crippen LogP) is 4.53. The molecule has 0 radical (unpaired) electrons. The molecule has 0 heterocycles. The van der Waals surface area contributed by atoms with Crippen LogP contribution in [-0.2, 0) is 13.3 Å². The van der Waals surface area contributed by atoms with Crippen molar-refractivity contribution in [3.05, 3.63) is 42.0 Å². The minimum absolute atomic E-state index is 0.645. The van der Waals surface area contributed by atoms with Gasteiger partial charge in [0.15, 0.2) is 0 Å². The highest BCUT2D eigenvalue weighted by atomic mass is 28.4. The first-order valence-electron chi connectivity index (χ1n) is 7.89. The van der Waals surface area contributed by atoms with Gasteiger partial charge < -0.3 is 13.3 Å². The van der Waals surface area contributed by atoms with E-state index in [-0.39, 0.29) is 0 Å². The molecule has 0 spiro atoms. The van der Waals surface area contributed by atoms with Gasteiger partial charge in [-0.25, -0.2) is 0 Å². The number of hydrogen-bond acceptors (Lipinski definition) is 3. The van der Waals surface area contributed by atoms with Crippen molar-refractivity contribution >= 4 is 14.9 Å². The van der Waals surface area contributed by atoms with Gasteiger partial charge in [-0.1, -0.05) is 42.5 Å². The number of rotatable bonds is 11. The Kier molecular flexibility index (Phi) is 9.26. The molecular formula is C17H28O3Si. The number of hydrogen-bond donors (Lipinski definition) is 0. The van der Waals surface area contributed by atoms with Gasteiger partial charge in [0.05, 0.1) is 0 Å². The second-order valence-corrected chi connectivity index (χ2v) is 7.42. The zero-order valence-corrected chi connectivity index (χ0v) is 14.5. The van der Waals surface area contributed by atoms with Crippen LogP contribution in [0.3, 0.4) is 0 Å². The Bertz CT molecular complexity index is 375. The third-order valence-electron chi connectivity index (χ3n) is 3.06. The van der Waals surface area contributed by atoms with Crippen LogP contribution in [-0.4, -0.2) is 28.6 Å². The smallest absolute Gasteiger partial charge is 0.374 e. The van der Waals surface area contributed by atoms with Crippen molar-refractivity contribution in [3.63, 3.8) is 0 Å². The first-order valence-corrected chi connectivity index (χ1v) is 9.83. The SMILES string of the molecule is CCO[Si](CCCC=Cc1ccccc1)(OCC)OCC. The Morgan fingerprint density at radius 1 is 0.905 bits per heavy atom. The van der Waals surface area contributed by atoms with Crippen LogP contribution < -0.4 is 0 Å². The first-order chi connectivity index (χ1) is 10.3. The number of benzene rings is 1. The van der Waals surface area contributed by atoms with E-state index >= 15 is 0 Å². The summed E-state index contributed by atoms with van der Waals surface area (Å²) in [6, 6.07) is 11.2. The summed E-state index contributed by atoms with van der Waals surface area (Å²) < 4.78 is 17.5. The average molecular weight is 308 g/mol. The monoisotopic (exact) mass is 308 g/mol. The van der Waals surface area contributed by atoms with Gasteiger partial charge in [-0.05, 0) is 39.2 Å². The minimum Gasteiger partial charge on any atom is -0.374 e. The van der Waals surface area contributed by atoms with Gasteiger partial charge >= 0.3 is 8.80 Å². The molecule has 0 aliphatic carbocycles. The summed E-state index contributed by atoms with van der Waals surface area (Å²) in [5.74, 6) is 0. The summed E-state index contributed by atoms with van der Waals surface area (Å²) in [6.45, 7) is 7.92. The van der Waals surface area contributed by atoms with Crippen molar-refractivity contribution in [1.82, 2.24) is 0 Å². The van der Waals surface area contributed by atoms with Crippen LogP contribution in [0.5, 0.6) is 0 Å². The summed E-state index contributed by atoms with van der Waals surface area (Å²) >= 11 is 0. The summed E-state index contributed by atoms with van der Waals surface area (Å²) in [6.07, 6.45) is 6.40. The van der Waals surface area contributed by atoms with Crippen LogP contribution in [0.2, 0.25) is 6.04 Å². The van der Waals surface area contributed by atoms with Gasteiger partial charge in [-0.15, -0.1) is 0 Å². The lowest BCUT2D eigenvalue weighted by Gasteiger charge is -2.28. The quantitative estimate of drug-likeness (QED) is 0.444. The highest BCUT2D eigenvalue weighted by Crippen LogP contribution is 2.19. The highest BCUT2D eigenvalue weighted by Gasteiger charge is 2.39. The number of allylic oxidation sites excluding steroid dienone is 1. The van der Waals surface area contributed by atoms with Gasteiger partial charge in [0.25, 0.3) is 0 Å². The molecule has 21 heavy (non-hydrogen) atoms. The van der Waals surface area contributed by atoms with Crippen molar-refractivity contribution in [1.29, 1.82) is 0 Å². The third kappa shape index (κ3) is 7.04. The Morgan fingerprint density at radius 2 is 1.48 bits per heavy atom. The summed E-state index contributed by atoms with van der Waals surface area (Å²) in [4.78, 5) is 0. The fourth-order valence-electron chi connectivity index (χ4n) is 2.22. The summed E-state index contributed by atoms with van der Waals surface area (Å²) in [5, 5.41) is 0. The Morgan fingerprint density at radius 3 is 2.00 bits per heavy atom. The molecule has 0 N–H and O–H groups in total. The molecule has 1 rings (SSSR count). The highest BCUT2D eigenvalue weighted by molar-refractivity contribution is 6.60. The van der Waals surface area contributed by atoms with Crippen LogP contribution in [0.25, 0.3) is 6.08 Å². The lowest BCUT2D eigenvalue weighted by atomic mass is 10.2. The van der Waals surface area contributed by atoms with Crippen molar-refractivity contribution < 1.29 is 13.3 Å². The van der Waals surface area contributed by atoms with E-state index in [4.69, 9.17) is 13.3 Å². The van der Waals surface area contributed by atoms with Gasteiger partial charge in [-0.2, -0.15) is 0 Å². The Labute approximate surface area is 130 Å². The molecule has 118 valence electrons. The van der Waals surface area contributed by atoms with E-state index < -0.39 is 8.80 Å². The van der Waals surface area contributed by atoms with E-state index in [1.54, 1.807) is 0 Å². The van der Waals surface area contributed by atoms with E-state index in [1.807, 2.05) is 26.8 Å². The van der Waals surface area contributed by atoms with Crippen molar-refractivity contribution in [2.24, 2.45) is 0 Å². The maximum Gasteiger partial charge on any atom is 0.500 e. The van der Waals surface area contributed by atoms with Crippen LogP contribution in [0.15, 0.2) is 36.4 Å². The molecule has 0 unspecified atom stereocenters. The zero-order chi connectivity index (χ0) is 15.4. The number of unbranched alkanes of at least 4 members (excludes halogenated alkanes) is 1. The van der Waals surface area contributed by atoms with Crippen LogP contribution >= 0.6 is 0 Å². The van der Waals surface area contributed by atoms with Gasteiger partial charge in [0, 0.05) is 25.9 Å². The molecule has 0 atom stereocenters. The molecule has 1 aromatic carbocycles. The Hall–Kier alpha value is -0.943. The largest absolute Gasteiger partial charge is 0.500 e. The van der Waals surface area contributed by atoms with Gasteiger partial charge in [-0.3, -0.25) is 0 Å². The molecule has 0 aliphatic rings. The van der Waals surface area contributed by atoms with E-state index in [0.717, 1.165) is 18.9 Å². The van der Waals surface area contributed by atoms with Gasteiger partial charge in [0.1, 0.15) is 0 Å². The van der Waals surface area contributed by atoms with Crippen LogP contribution in [0.1, 0.15) is 39.2 Å². The molecule has 0 saturated heterocycles. The molecule has 4 heteroatoms. The van der Waals surface area contributed by atoms with E-state index in [9.17, 15) is 0 Å². The second-order valence-electron chi connectivity index (χ2n) is 4.69. The molecule has 0 fully saturated rings. The minimum atomic E-state index is -2.46. The average Bonchev–Trinajstić information content (AvgIpc) is 2.49. The van der Waals surface area contributed by atoms with Crippen molar-refractivity contribution in [2.75, 3.05) is 19.8 Å². The molecule has 0 aliphatic heterocycles. The molecule has 0 aromatic heterocycles. The molecule has 3 nitrogen and oxygen atoms in total. The summed E-state index contributed by atoms with van der Waals surface area (Å²) in [7, 11) is -2.46. The predicted molar refractivity (Wildman–Crippen MR) is 90.1 cm³/mol. The van der Waals surface area contributed by atoms with Crippen LogP contribution in [0, 0.1) is 0 Å². The van der Waals surface area contributed by atoms with Crippen molar-refractivity contribution in [3.8, 4) is 0 Å². The van der Waals surface area contributed by atoms with Crippen LogP contribution in [0.4, 0.5) is 0 Å². The molecule has 0 bridgehead atoms. The molecular weight excluding hydrogens is 280 g/mol. The second kappa shape index (κ2) is 10.7. The third-order valence-corrected chi connectivity index (χ3v) is 6.21. The zero-order valence-electron chi connectivity index (χ0n) is 13.5. The molecule has 0 amide bonds. The maximum atomic E-state index is 5.85. The lowest BCUT2D eigenvalue weighted by molar-refractivity contribution is 0.0709. The first kappa shape index (κ1) is 18.1. The topological polar surface area (TPSA) is 27.7 Å². The summed E-state index contributed by atoms with van der Waals surface area (Å²) in [5.41, 5.74) is 1.24. The Balaban J connectivity index is 2.43. The standard InChI is InChI=1S/C17H28O3Si/c1-4-18-21(19-5-2,20-6-3)16-12-8-11-15-17-13-9-7-10-14-17/h7,9-11,13-15H,4-6,8,12,16H2,1-3H3. The van der Waals surface area contributed by atoms with Gasteiger partial charge in [0.2, 0.25) is 0 Å². The fraction of sp³-hybridized carbons (Fsp3) is 0.529. The van der Waals surface area contributed by atoms with E-state index in [0.29, 0.717) is 19.8 Å². The molecule has 1 aromatic rings. The van der Waals surface area contributed by atoms with E-state index in [2.05, 4.69) is 36.4 Å². The lowest BCUT2D eigenvalue weighted by Crippen LogP contribution is -2.45. The fourth-order valence-corrected chi connectivity index (χ4v) is 4.86. The normalized spacial score (nSPS) is 12.1. The van der Waals surface area contributed by atoms with E-state index in [1.165, 1.54) is 5.56 Å². The maximum absolute atomic E-state index is 5.85.